The van der Waals surface area contributed by atoms with Crippen molar-refractivity contribution in [1.82, 2.24) is 0 Å². The molecule has 134 valence electrons. The van der Waals surface area contributed by atoms with E-state index in [1.54, 1.807) is 0 Å². The van der Waals surface area contributed by atoms with Crippen LogP contribution in [0.3, 0.4) is 0 Å². The fraction of sp³-hybridized carbons (Fsp3) is 1.00. The first kappa shape index (κ1) is 21.9. The monoisotopic (exact) mass is 314 g/mol. The van der Waals surface area contributed by atoms with E-state index < -0.39 is 0 Å². The SMILES string of the molecule is CCCCCCCCCCCC(O)CCCCCCCCO. The van der Waals surface area contributed by atoms with Crippen LogP contribution in [-0.4, -0.2) is 22.9 Å². The first-order chi connectivity index (χ1) is 10.8. The third kappa shape index (κ3) is 18.0. The van der Waals surface area contributed by atoms with Gasteiger partial charge in [-0.05, 0) is 19.3 Å². The average Bonchev–Trinajstić information content (AvgIpc) is 2.52. The second-order valence-electron chi connectivity index (χ2n) is 6.90. The largest absolute Gasteiger partial charge is 0.396 e. The fourth-order valence-electron chi connectivity index (χ4n) is 3.03. The summed E-state index contributed by atoms with van der Waals surface area (Å²) in [6, 6.07) is 0. The Hall–Kier alpha value is -0.0800. The number of hydrogen-bond acceptors (Lipinski definition) is 2. The molecule has 0 saturated carbocycles. The summed E-state index contributed by atoms with van der Waals surface area (Å²) >= 11 is 0. The van der Waals surface area contributed by atoms with Gasteiger partial charge in [0.25, 0.3) is 0 Å². The van der Waals surface area contributed by atoms with Gasteiger partial charge in [0.1, 0.15) is 0 Å². The van der Waals surface area contributed by atoms with Crippen molar-refractivity contribution in [3.8, 4) is 0 Å². The van der Waals surface area contributed by atoms with Crippen LogP contribution in [0, 0.1) is 0 Å². The van der Waals surface area contributed by atoms with E-state index in [1.165, 1.54) is 77.0 Å². The highest BCUT2D eigenvalue weighted by Gasteiger charge is 2.03. The van der Waals surface area contributed by atoms with Crippen molar-refractivity contribution in [2.75, 3.05) is 6.61 Å². The van der Waals surface area contributed by atoms with E-state index in [9.17, 15) is 5.11 Å². The van der Waals surface area contributed by atoms with Crippen molar-refractivity contribution in [3.63, 3.8) is 0 Å². The molecule has 0 aliphatic heterocycles. The molecule has 0 spiro atoms. The number of unbranched alkanes of at least 4 members (excludes halogenated alkanes) is 13. The molecule has 2 nitrogen and oxygen atoms in total. The number of aliphatic hydroxyl groups is 2. The molecule has 1 unspecified atom stereocenters. The minimum atomic E-state index is -0.0676. The molecule has 0 aliphatic carbocycles. The molecule has 0 aliphatic rings. The molecule has 0 fully saturated rings. The Morgan fingerprint density at radius 3 is 1.32 bits per heavy atom. The Bertz CT molecular complexity index is 194. The predicted molar refractivity (Wildman–Crippen MR) is 97.3 cm³/mol. The molecule has 0 bridgehead atoms. The highest BCUT2D eigenvalue weighted by molar-refractivity contribution is 4.57. The van der Waals surface area contributed by atoms with Gasteiger partial charge in [-0.3, -0.25) is 0 Å². The zero-order valence-corrected chi connectivity index (χ0v) is 15.2. The average molecular weight is 315 g/mol. The molecule has 0 aromatic rings. The summed E-state index contributed by atoms with van der Waals surface area (Å²) in [6.45, 7) is 2.60. The normalized spacial score (nSPS) is 12.7. The van der Waals surface area contributed by atoms with Crippen LogP contribution >= 0.6 is 0 Å². The van der Waals surface area contributed by atoms with E-state index in [-0.39, 0.29) is 6.10 Å². The molecule has 2 N–H and O–H groups in total. The van der Waals surface area contributed by atoms with E-state index in [4.69, 9.17) is 5.11 Å². The molecular weight excluding hydrogens is 272 g/mol. The highest BCUT2D eigenvalue weighted by atomic mass is 16.3. The van der Waals surface area contributed by atoms with Crippen LogP contribution < -0.4 is 0 Å². The van der Waals surface area contributed by atoms with E-state index in [0.717, 1.165) is 32.1 Å². The quantitative estimate of drug-likeness (QED) is 0.305. The van der Waals surface area contributed by atoms with Gasteiger partial charge in [0, 0.05) is 6.61 Å². The van der Waals surface area contributed by atoms with Gasteiger partial charge >= 0.3 is 0 Å². The van der Waals surface area contributed by atoms with Gasteiger partial charge in [0.15, 0.2) is 0 Å². The maximum absolute atomic E-state index is 9.96. The predicted octanol–water partition coefficient (Wildman–Crippen LogP) is 5.99. The Balaban J connectivity index is 3.11. The van der Waals surface area contributed by atoms with Gasteiger partial charge in [-0.2, -0.15) is 0 Å². The summed E-state index contributed by atoms with van der Waals surface area (Å²) in [4.78, 5) is 0. The molecule has 2 heteroatoms. The number of aliphatic hydroxyl groups excluding tert-OH is 2. The topological polar surface area (TPSA) is 40.5 Å². The number of rotatable bonds is 18. The number of hydrogen-bond donors (Lipinski definition) is 2. The van der Waals surface area contributed by atoms with Gasteiger partial charge in [-0.1, -0.05) is 96.8 Å². The molecule has 0 aromatic carbocycles. The lowest BCUT2D eigenvalue weighted by Gasteiger charge is -2.10. The summed E-state index contributed by atoms with van der Waals surface area (Å²) in [5, 5.41) is 18.7. The molecule has 1 atom stereocenters. The lowest BCUT2D eigenvalue weighted by atomic mass is 10.0. The van der Waals surface area contributed by atoms with Crippen LogP contribution in [0.4, 0.5) is 0 Å². The van der Waals surface area contributed by atoms with Crippen molar-refractivity contribution in [2.45, 2.75) is 122 Å². The minimum Gasteiger partial charge on any atom is -0.396 e. The third-order valence-corrected chi connectivity index (χ3v) is 4.59. The zero-order valence-electron chi connectivity index (χ0n) is 15.2. The molecule has 22 heavy (non-hydrogen) atoms. The van der Waals surface area contributed by atoms with E-state index in [2.05, 4.69) is 6.92 Å². The summed E-state index contributed by atoms with van der Waals surface area (Å²) in [5.41, 5.74) is 0. The smallest absolute Gasteiger partial charge is 0.0540 e. The zero-order chi connectivity index (χ0) is 16.3. The van der Waals surface area contributed by atoms with Gasteiger partial charge in [0.2, 0.25) is 0 Å². The maximum atomic E-state index is 9.96. The standard InChI is InChI=1S/C20H42O2/c1-2-3-4-5-6-7-8-11-14-17-20(22)18-15-12-9-10-13-16-19-21/h20-22H,2-19H2,1H3. The summed E-state index contributed by atoms with van der Waals surface area (Å²) in [6.07, 6.45) is 21.1. The summed E-state index contributed by atoms with van der Waals surface area (Å²) < 4.78 is 0. The molecule has 0 saturated heterocycles. The van der Waals surface area contributed by atoms with Crippen LogP contribution in [0.15, 0.2) is 0 Å². The lowest BCUT2D eigenvalue weighted by molar-refractivity contribution is 0.147. The second-order valence-corrected chi connectivity index (χ2v) is 6.90. The minimum absolute atomic E-state index is 0.0676. The van der Waals surface area contributed by atoms with Crippen LogP contribution in [0.2, 0.25) is 0 Å². The van der Waals surface area contributed by atoms with Crippen LogP contribution in [0.25, 0.3) is 0 Å². The summed E-state index contributed by atoms with van der Waals surface area (Å²) in [7, 11) is 0. The Morgan fingerprint density at radius 1 is 0.545 bits per heavy atom. The molecule has 0 aromatic heterocycles. The second kappa shape index (κ2) is 19.0. The van der Waals surface area contributed by atoms with E-state index in [1.807, 2.05) is 0 Å². The third-order valence-electron chi connectivity index (χ3n) is 4.59. The Morgan fingerprint density at radius 2 is 0.909 bits per heavy atom. The van der Waals surface area contributed by atoms with Gasteiger partial charge in [-0.25, -0.2) is 0 Å². The molecule has 0 heterocycles. The molecule has 0 radical (unpaired) electrons. The van der Waals surface area contributed by atoms with Crippen molar-refractivity contribution >= 4 is 0 Å². The van der Waals surface area contributed by atoms with Crippen LogP contribution in [-0.2, 0) is 0 Å². The Labute approximate surface area is 139 Å². The fourth-order valence-corrected chi connectivity index (χ4v) is 3.03. The summed E-state index contributed by atoms with van der Waals surface area (Å²) in [5.74, 6) is 0. The van der Waals surface area contributed by atoms with Crippen molar-refractivity contribution in [3.05, 3.63) is 0 Å². The van der Waals surface area contributed by atoms with Crippen molar-refractivity contribution in [1.29, 1.82) is 0 Å². The first-order valence-corrected chi connectivity index (χ1v) is 10.1. The lowest BCUT2D eigenvalue weighted by Crippen LogP contribution is -2.05. The molecule has 0 amide bonds. The highest BCUT2D eigenvalue weighted by Crippen LogP contribution is 2.14. The van der Waals surface area contributed by atoms with Gasteiger partial charge < -0.3 is 10.2 Å². The van der Waals surface area contributed by atoms with E-state index in [0.29, 0.717) is 6.61 Å². The van der Waals surface area contributed by atoms with Gasteiger partial charge in [-0.15, -0.1) is 0 Å². The first-order valence-electron chi connectivity index (χ1n) is 10.1. The maximum Gasteiger partial charge on any atom is 0.0540 e. The van der Waals surface area contributed by atoms with Gasteiger partial charge in [0.05, 0.1) is 6.10 Å². The van der Waals surface area contributed by atoms with E-state index >= 15 is 0 Å². The molecule has 0 rings (SSSR count). The van der Waals surface area contributed by atoms with Crippen LogP contribution in [0.1, 0.15) is 116 Å². The Kier molecular flexibility index (Phi) is 18.9. The van der Waals surface area contributed by atoms with Crippen molar-refractivity contribution < 1.29 is 10.2 Å². The van der Waals surface area contributed by atoms with Crippen molar-refractivity contribution in [2.24, 2.45) is 0 Å². The molecular formula is C20H42O2. The van der Waals surface area contributed by atoms with Crippen LogP contribution in [0.5, 0.6) is 0 Å².